The second-order valence-corrected chi connectivity index (χ2v) is 3.81. The molecular formula is C17H18. The average Bonchev–Trinajstić information content (AvgIpc) is 2.36. The highest BCUT2D eigenvalue weighted by atomic mass is 14.1. The van der Waals surface area contributed by atoms with Crippen molar-refractivity contribution in [2.45, 2.75) is 6.92 Å². The molecule has 1 rings (SSSR count). The van der Waals surface area contributed by atoms with Crippen molar-refractivity contribution in [2.75, 3.05) is 0 Å². The molecule has 1 aromatic rings. The molecule has 0 aliphatic carbocycles. The molecule has 0 aromatic heterocycles. The fourth-order valence-electron chi connectivity index (χ4n) is 1.82. The van der Waals surface area contributed by atoms with Crippen molar-refractivity contribution < 1.29 is 0 Å². The molecule has 0 atom stereocenters. The maximum Gasteiger partial charge on any atom is -0.00367 e. The maximum absolute atomic E-state index is 4.04. The quantitative estimate of drug-likeness (QED) is 0.686. The fourth-order valence-corrected chi connectivity index (χ4v) is 1.82. The van der Waals surface area contributed by atoms with E-state index in [1.54, 1.807) is 12.2 Å². The van der Waals surface area contributed by atoms with Crippen LogP contribution >= 0.6 is 0 Å². The highest BCUT2D eigenvalue weighted by Crippen LogP contribution is 2.18. The van der Waals surface area contributed by atoms with Crippen molar-refractivity contribution in [3.05, 3.63) is 72.2 Å². The van der Waals surface area contributed by atoms with E-state index >= 15 is 0 Å². The van der Waals surface area contributed by atoms with Crippen LogP contribution in [0.5, 0.6) is 0 Å². The standard InChI is InChI=1S/C17H18/c1-7-12(4)16-14(6)10-11-15(9-3)17(16)13(5)8-2/h7-11H,1-2,4-6H2,3H3/b15-9-. The van der Waals surface area contributed by atoms with Crippen molar-refractivity contribution in [3.8, 4) is 0 Å². The molecule has 0 aliphatic rings. The summed E-state index contributed by atoms with van der Waals surface area (Å²) in [6.07, 6.45) is 5.54. The zero-order valence-corrected chi connectivity index (χ0v) is 10.4. The van der Waals surface area contributed by atoms with Gasteiger partial charge in [-0.2, -0.15) is 0 Å². The van der Waals surface area contributed by atoms with Crippen LogP contribution in [0, 0.1) is 0 Å². The molecule has 0 spiro atoms. The molecule has 0 fully saturated rings. The van der Waals surface area contributed by atoms with E-state index in [-0.39, 0.29) is 0 Å². The van der Waals surface area contributed by atoms with Gasteiger partial charge in [-0.1, -0.05) is 63.3 Å². The second-order valence-electron chi connectivity index (χ2n) is 3.81. The molecule has 0 heteroatoms. The van der Waals surface area contributed by atoms with Gasteiger partial charge in [-0.05, 0) is 39.6 Å². The Labute approximate surface area is 103 Å². The van der Waals surface area contributed by atoms with Gasteiger partial charge in [0.2, 0.25) is 0 Å². The minimum absolute atomic E-state index is 0.858. The molecule has 0 saturated carbocycles. The predicted molar refractivity (Wildman–Crippen MR) is 79.8 cm³/mol. The van der Waals surface area contributed by atoms with E-state index < -0.39 is 0 Å². The maximum atomic E-state index is 4.04. The van der Waals surface area contributed by atoms with E-state index in [4.69, 9.17) is 0 Å². The Balaban J connectivity index is 3.85. The van der Waals surface area contributed by atoms with Gasteiger partial charge < -0.3 is 0 Å². The largest absolute Gasteiger partial charge is 0.0985 e. The lowest BCUT2D eigenvalue weighted by Gasteiger charge is -2.12. The molecule has 0 unspecified atom stereocenters. The monoisotopic (exact) mass is 222 g/mol. The summed E-state index contributed by atoms with van der Waals surface area (Å²) in [4.78, 5) is 0. The summed E-state index contributed by atoms with van der Waals surface area (Å²) in [6.45, 7) is 21.6. The molecule has 0 radical (unpaired) electrons. The normalized spacial score (nSPS) is 11.0. The topological polar surface area (TPSA) is 0 Å². The van der Waals surface area contributed by atoms with E-state index in [9.17, 15) is 0 Å². The molecule has 0 N–H and O–H groups in total. The van der Waals surface area contributed by atoms with Crippen LogP contribution in [-0.2, 0) is 0 Å². The van der Waals surface area contributed by atoms with E-state index in [2.05, 4.69) is 32.9 Å². The fraction of sp³-hybridized carbons (Fsp3) is 0.0588. The van der Waals surface area contributed by atoms with Gasteiger partial charge in [0.05, 0.1) is 0 Å². The Morgan fingerprint density at radius 2 is 1.53 bits per heavy atom. The number of hydrogen-bond donors (Lipinski definition) is 0. The minimum atomic E-state index is 0.858. The first-order valence-electron chi connectivity index (χ1n) is 5.48. The Hall–Kier alpha value is -2.08. The van der Waals surface area contributed by atoms with Gasteiger partial charge in [0.25, 0.3) is 0 Å². The summed E-state index contributed by atoms with van der Waals surface area (Å²) in [5, 5.41) is 2.04. The van der Waals surface area contributed by atoms with E-state index in [0.29, 0.717) is 0 Å². The van der Waals surface area contributed by atoms with Gasteiger partial charge >= 0.3 is 0 Å². The van der Waals surface area contributed by atoms with Crippen LogP contribution in [0.4, 0.5) is 0 Å². The number of allylic oxidation sites excluding steroid dienone is 4. The third kappa shape index (κ3) is 2.36. The summed E-state index contributed by atoms with van der Waals surface area (Å²) in [6, 6.07) is 4.02. The Morgan fingerprint density at radius 3 is 2.00 bits per heavy atom. The molecular weight excluding hydrogens is 204 g/mol. The molecule has 86 valence electrons. The van der Waals surface area contributed by atoms with Crippen LogP contribution in [0.2, 0.25) is 0 Å². The van der Waals surface area contributed by atoms with Crippen LogP contribution < -0.4 is 10.4 Å². The van der Waals surface area contributed by atoms with Gasteiger partial charge in [-0.15, -0.1) is 0 Å². The van der Waals surface area contributed by atoms with Crippen LogP contribution in [0.3, 0.4) is 0 Å². The van der Waals surface area contributed by atoms with Crippen molar-refractivity contribution in [1.82, 2.24) is 0 Å². The summed E-state index contributed by atoms with van der Waals surface area (Å²) in [5.41, 5.74) is 3.78. The van der Waals surface area contributed by atoms with Gasteiger partial charge in [-0.3, -0.25) is 0 Å². The number of hydrogen-bond acceptors (Lipinski definition) is 0. The smallest absolute Gasteiger partial charge is 0.00367 e. The van der Waals surface area contributed by atoms with Gasteiger partial charge in [0.1, 0.15) is 0 Å². The van der Waals surface area contributed by atoms with Crippen molar-refractivity contribution in [3.63, 3.8) is 0 Å². The summed E-state index contributed by atoms with van der Waals surface area (Å²) < 4.78 is 0. The van der Waals surface area contributed by atoms with Crippen LogP contribution in [0.1, 0.15) is 18.1 Å². The van der Waals surface area contributed by atoms with Gasteiger partial charge in [0, 0.05) is 0 Å². The summed E-state index contributed by atoms with van der Waals surface area (Å²) in [5.74, 6) is 0. The van der Waals surface area contributed by atoms with Gasteiger partial charge in [0.15, 0.2) is 0 Å². The first kappa shape index (κ1) is 13.0. The molecule has 0 aliphatic heterocycles. The highest BCUT2D eigenvalue weighted by molar-refractivity contribution is 5.85. The Morgan fingerprint density at radius 1 is 1.00 bits per heavy atom. The number of rotatable bonds is 4. The second kappa shape index (κ2) is 5.31. The SMILES string of the molecule is C=CC(=C)c1c(C(=C)C=C)/c(=C\C)ccc1=C. The first-order valence-corrected chi connectivity index (χ1v) is 5.48. The molecule has 0 heterocycles. The lowest BCUT2D eigenvalue weighted by atomic mass is 9.92. The summed E-state index contributed by atoms with van der Waals surface area (Å²) in [7, 11) is 0. The molecule has 0 nitrogen and oxygen atoms in total. The molecule has 0 bridgehead atoms. The predicted octanol–water partition coefficient (Wildman–Crippen LogP) is 3.30. The van der Waals surface area contributed by atoms with Gasteiger partial charge in [-0.25, -0.2) is 0 Å². The van der Waals surface area contributed by atoms with Crippen molar-refractivity contribution in [2.24, 2.45) is 0 Å². The van der Waals surface area contributed by atoms with E-state index in [1.165, 1.54) is 0 Å². The van der Waals surface area contributed by atoms with Crippen LogP contribution in [-0.4, -0.2) is 0 Å². The minimum Gasteiger partial charge on any atom is -0.0985 e. The Bertz CT molecular complexity index is 598. The zero-order chi connectivity index (χ0) is 13.0. The highest BCUT2D eigenvalue weighted by Gasteiger charge is 2.08. The molecule has 0 saturated heterocycles. The Kier molecular flexibility index (Phi) is 4.06. The van der Waals surface area contributed by atoms with Crippen molar-refractivity contribution >= 4 is 23.8 Å². The van der Waals surface area contributed by atoms with Crippen LogP contribution in [0.15, 0.2) is 50.6 Å². The number of benzene rings is 1. The third-order valence-electron chi connectivity index (χ3n) is 2.77. The first-order chi connectivity index (χ1) is 8.06. The van der Waals surface area contributed by atoms with Crippen LogP contribution in [0.25, 0.3) is 23.8 Å². The zero-order valence-electron chi connectivity index (χ0n) is 10.4. The van der Waals surface area contributed by atoms with E-state index in [0.717, 1.165) is 32.7 Å². The van der Waals surface area contributed by atoms with Crippen molar-refractivity contribution in [1.29, 1.82) is 0 Å². The molecule has 17 heavy (non-hydrogen) atoms. The average molecular weight is 222 g/mol. The third-order valence-corrected chi connectivity index (χ3v) is 2.77. The lowest BCUT2D eigenvalue weighted by molar-refractivity contribution is 1.44. The molecule has 1 aromatic carbocycles. The van der Waals surface area contributed by atoms with E-state index in [1.807, 2.05) is 25.1 Å². The lowest BCUT2D eigenvalue weighted by Crippen LogP contribution is -2.19. The summed E-state index contributed by atoms with van der Waals surface area (Å²) >= 11 is 0. The molecule has 0 amide bonds.